The predicted octanol–water partition coefficient (Wildman–Crippen LogP) is 2.27. The summed E-state index contributed by atoms with van der Waals surface area (Å²) in [5.74, 6) is 1.48. The Morgan fingerprint density at radius 2 is 2.04 bits per heavy atom. The molecule has 0 aliphatic rings. The summed E-state index contributed by atoms with van der Waals surface area (Å²) in [5, 5.41) is 21.2. The Balaban J connectivity index is 0.00000364. The Kier molecular flexibility index (Phi) is 9.57. The Labute approximate surface area is 178 Å². The van der Waals surface area contributed by atoms with Crippen LogP contribution in [0.25, 0.3) is 0 Å². The summed E-state index contributed by atoms with van der Waals surface area (Å²) in [6.45, 7) is 7.28. The molecule has 0 spiro atoms. The molecule has 0 saturated heterocycles. The van der Waals surface area contributed by atoms with Crippen LogP contribution in [0.15, 0.2) is 47.7 Å². The zero-order valence-electron chi connectivity index (χ0n) is 16.3. The number of guanidine groups is 1. The maximum Gasteiger partial charge on any atom is 0.191 e. The molecule has 1 aromatic carbocycles. The van der Waals surface area contributed by atoms with Gasteiger partial charge < -0.3 is 20.5 Å². The van der Waals surface area contributed by atoms with Crippen LogP contribution >= 0.6 is 24.0 Å². The van der Waals surface area contributed by atoms with Gasteiger partial charge in [-0.3, -0.25) is 4.68 Å². The quantitative estimate of drug-likeness (QED) is 0.302. The Hall–Kier alpha value is -1.81. The van der Waals surface area contributed by atoms with E-state index in [1.807, 2.05) is 51.2 Å². The van der Waals surface area contributed by atoms with Gasteiger partial charge in [-0.25, -0.2) is 4.99 Å². The minimum Gasteiger partial charge on any atom is -0.489 e. The van der Waals surface area contributed by atoms with E-state index in [9.17, 15) is 5.11 Å². The molecule has 0 amide bonds. The lowest BCUT2D eigenvalue weighted by molar-refractivity contribution is 0.0671. The van der Waals surface area contributed by atoms with Crippen LogP contribution in [0.1, 0.15) is 26.3 Å². The van der Waals surface area contributed by atoms with E-state index < -0.39 is 5.60 Å². The summed E-state index contributed by atoms with van der Waals surface area (Å²) in [5.41, 5.74) is -0.344. The third kappa shape index (κ3) is 7.76. The summed E-state index contributed by atoms with van der Waals surface area (Å²) >= 11 is 0. The van der Waals surface area contributed by atoms with E-state index in [2.05, 4.69) is 20.7 Å². The van der Waals surface area contributed by atoms with Gasteiger partial charge in [-0.15, -0.1) is 24.0 Å². The molecule has 1 heterocycles. The van der Waals surface area contributed by atoms with Crippen LogP contribution in [0.3, 0.4) is 0 Å². The van der Waals surface area contributed by atoms with Crippen molar-refractivity contribution in [3.05, 3.63) is 48.3 Å². The highest BCUT2D eigenvalue weighted by molar-refractivity contribution is 14.0. The molecule has 2 unspecified atom stereocenters. The van der Waals surface area contributed by atoms with Gasteiger partial charge in [0.1, 0.15) is 17.5 Å². The molecule has 8 heteroatoms. The molecule has 150 valence electrons. The van der Waals surface area contributed by atoms with E-state index in [-0.39, 0.29) is 36.6 Å². The van der Waals surface area contributed by atoms with E-state index in [4.69, 9.17) is 4.74 Å². The molecule has 0 aliphatic heterocycles. The van der Waals surface area contributed by atoms with Crippen LogP contribution in [-0.2, 0) is 12.6 Å². The second kappa shape index (κ2) is 11.1. The number of hydrogen-bond donors (Lipinski definition) is 3. The number of aryl methyl sites for hydroxylation is 1. The minimum atomic E-state index is -1.08. The molecule has 0 saturated carbocycles. The van der Waals surface area contributed by atoms with Gasteiger partial charge in [-0.05, 0) is 32.9 Å². The first-order valence-corrected chi connectivity index (χ1v) is 8.86. The van der Waals surface area contributed by atoms with Crippen LogP contribution in [0.4, 0.5) is 0 Å². The Bertz CT molecular complexity index is 703. The van der Waals surface area contributed by atoms with Gasteiger partial charge >= 0.3 is 0 Å². The van der Waals surface area contributed by atoms with Crippen molar-refractivity contribution in [3.63, 3.8) is 0 Å². The molecule has 2 atom stereocenters. The number of ether oxygens (including phenoxy) is 1. The van der Waals surface area contributed by atoms with Crippen molar-refractivity contribution in [2.24, 2.45) is 12.0 Å². The normalized spacial score (nSPS) is 14.6. The maximum atomic E-state index is 10.6. The van der Waals surface area contributed by atoms with Gasteiger partial charge in [-0.2, -0.15) is 5.10 Å². The topological polar surface area (TPSA) is 83.7 Å². The molecular weight excluding hydrogens is 457 g/mol. The molecule has 7 nitrogen and oxygen atoms in total. The SMILES string of the molecule is CCNC(=NCC(C)(O)c1cnn(C)c1)NCC(C)Oc1ccccc1.I. The lowest BCUT2D eigenvalue weighted by Gasteiger charge is -2.21. The minimum absolute atomic E-state index is 0. The number of aliphatic imine (C=N–C) groups is 1. The lowest BCUT2D eigenvalue weighted by atomic mass is 10.0. The fraction of sp³-hybridized carbons (Fsp3) is 0.474. The largest absolute Gasteiger partial charge is 0.489 e. The van der Waals surface area contributed by atoms with Crippen molar-refractivity contribution in [3.8, 4) is 5.75 Å². The summed E-state index contributed by atoms with van der Waals surface area (Å²) in [4.78, 5) is 4.50. The number of aliphatic hydroxyl groups is 1. The van der Waals surface area contributed by atoms with Crippen molar-refractivity contribution in [1.82, 2.24) is 20.4 Å². The van der Waals surface area contributed by atoms with Gasteiger partial charge in [0, 0.05) is 25.4 Å². The van der Waals surface area contributed by atoms with E-state index in [1.165, 1.54) is 0 Å². The van der Waals surface area contributed by atoms with Crippen LogP contribution in [-0.4, -0.2) is 46.6 Å². The zero-order valence-corrected chi connectivity index (χ0v) is 18.7. The number of rotatable bonds is 8. The van der Waals surface area contributed by atoms with Gasteiger partial charge in [0.05, 0.1) is 19.3 Å². The van der Waals surface area contributed by atoms with Crippen LogP contribution < -0.4 is 15.4 Å². The van der Waals surface area contributed by atoms with E-state index in [0.717, 1.165) is 17.9 Å². The Morgan fingerprint density at radius 3 is 2.63 bits per heavy atom. The second-order valence-corrected chi connectivity index (χ2v) is 6.49. The summed E-state index contributed by atoms with van der Waals surface area (Å²) in [7, 11) is 1.82. The molecule has 0 radical (unpaired) electrons. The summed E-state index contributed by atoms with van der Waals surface area (Å²) < 4.78 is 7.52. The number of hydrogen-bond acceptors (Lipinski definition) is 4. The first kappa shape index (κ1) is 23.2. The van der Waals surface area contributed by atoms with Crippen molar-refractivity contribution in [1.29, 1.82) is 0 Å². The first-order valence-electron chi connectivity index (χ1n) is 8.86. The number of aromatic nitrogens is 2. The molecule has 0 aliphatic carbocycles. The van der Waals surface area contributed by atoms with E-state index >= 15 is 0 Å². The summed E-state index contributed by atoms with van der Waals surface area (Å²) in [6.07, 6.45) is 3.43. The fourth-order valence-electron chi connectivity index (χ4n) is 2.38. The highest BCUT2D eigenvalue weighted by Crippen LogP contribution is 2.19. The van der Waals surface area contributed by atoms with Gasteiger partial charge in [0.25, 0.3) is 0 Å². The van der Waals surface area contributed by atoms with E-state index in [0.29, 0.717) is 12.5 Å². The molecule has 2 aromatic rings. The molecule has 2 rings (SSSR count). The smallest absolute Gasteiger partial charge is 0.191 e. The molecule has 0 fully saturated rings. The van der Waals surface area contributed by atoms with Gasteiger partial charge in [-0.1, -0.05) is 18.2 Å². The highest BCUT2D eigenvalue weighted by atomic mass is 127. The fourth-order valence-corrected chi connectivity index (χ4v) is 2.38. The lowest BCUT2D eigenvalue weighted by Crippen LogP contribution is -2.42. The average Bonchev–Trinajstić information content (AvgIpc) is 3.06. The number of nitrogens with one attached hydrogen (secondary N) is 2. The van der Waals surface area contributed by atoms with Crippen LogP contribution in [0.5, 0.6) is 5.75 Å². The number of nitrogens with zero attached hydrogens (tertiary/aromatic N) is 3. The standard InChI is InChI=1S/C19H29N5O2.HI/c1-5-20-18(21-11-15(2)26-17-9-7-6-8-10-17)22-14-19(3,25)16-12-23-24(4)13-16;/h6-10,12-13,15,25H,5,11,14H2,1-4H3,(H2,20,21,22);1H. The summed E-state index contributed by atoms with van der Waals surface area (Å²) in [6, 6.07) is 9.71. The Morgan fingerprint density at radius 1 is 1.33 bits per heavy atom. The third-order valence-electron chi connectivity index (χ3n) is 3.85. The average molecular weight is 487 g/mol. The van der Waals surface area contributed by atoms with Crippen molar-refractivity contribution in [2.45, 2.75) is 32.5 Å². The molecule has 1 aromatic heterocycles. The molecule has 27 heavy (non-hydrogen) atoms. The van der Waals surface area contributed by atoms with Crippen molar-refractivity contribution < 1.29 is 9.84 Å². The van der Waals surface area contributed by atoms with Crippen molar-refractivity contribution >= 4 is 29.9 Å². The van der Waals surface area contributed by atoms with E-state index in [1.54, 1.807) is 24.0 Å². The maximum absolute atomic E-state index is 10.6. The molecule has 0 bridgehead atoms. The molecular formula is C19H30IN5O2. The zero-order chi connectivity index (χ0) is 19.0. The molecule has 3 N–H and O–H groups in total. The number of benzene rings is 1. The number of halogens is 1. The van der Waals surface area contributed by atoms with Crippen LogP contribution in [0, 0.1) is 0 Å². The first-order chi connectivity index (χ1) is 12.4. The third-order valence-corrected chi connectivity index (χ3v) is 3.85. The van der Waals surface area contributed by atoms with Gasteiger partial charge in [0.2, 0.25) is 0 Å². The van der Waals surface area contributed by atoms with Crippen molar-refractivity contribution in [2.75, 3.05) is 19.6 Å². The second-order valence-electron chi connectivity index (χ2n) is 6.49. The van der Waals surface area contributed by atoms with Crippen LogP contribution in [0.2, 0.25) is 0 Å². The van der Waals surface area contributed by atoms with Gasteiger partial charge in [0.15, 0.2) is 5.96 Å². The monoisotopic (exact) mass is 487 g/mol. The number of para-hydroxylation sites is 1. The highest BCUT2D eigenvalue weighted by Gasteiger charge is 2.24. The predicted molar refractivity (Wildman–Crippen MR) is 119 cm³/mol.